The van der Waals surface area contributed by atoms with Gasteiger partial charge in [0.2, 0.25) is 5.91 Å². The molecule has 8 rings (SSSR count). The Kier molecular flexibility index (Phi) is 8.84. The number of aliphatic imine (C=N–C) groups is 1. The molecule has 0 unspecified atom stereocenters. The molecular formula is C39H38ClN7O4S. The number of rotatable bonds is 6. The largest absolute Gasteiger partial charge is 0.508 e. The number of thiophene rings is 1. The van der Waals surface area contributed by atoms with Crippen LogP contribution in [0.5, 0.6) is 11.5 Å². The van der Waals surface area contributed by atoms with Crippen LogP contribution < -0.4 is 0 Å². The summed E-state index contributed by atoms with van der Waals surface area (Å²) in [5.74, 6) is 0.879. The average Bonchev–Trinajstić information content (AvgIpc) is 3.79. The number of nitrogens with zero attached hydrogens (tertiary/aromatic N) is 7. The molecule has 11 nitrogen and oxygen atoms in total. The van der Waals surface area contributed by atoms with Crippen molar-refractivity contribution in [2.45, 2.75) is 52.9 Å². The molecule has 1 atom stereocenters. The van der Waals surface area contributed by atoms with Gasteiger partial charge in [-0.25, -0.2) is 0 Å². The van der Waals surface area contributed by atoms with E-state index in [4.69, 9.17) is 16.6 Å². The van der Waals surface area contributed by atoms with Crippen molar-refractivity contribution >= 4 is 40.5 Å². The monoisotopic (exact) mass is 735 g/mol. The lowest BCUT2D eigenvalue weighted by molar-refractivity contribution is -0.133. The molecule has 3 aromatic carbocycles. The van der Waals surface area contributed by atoms with Crippen LogP contribution in [0.15, 0.2) is 65.7 Å². The summed E-state index contributed by atoms with van der Waals surface area (Å²) in [6.45, 7) is 10.5. The molecule has 2 aromatic heterocycles. The molecule has 266 valence electrons. The summed E-state index contributed by atoms with van der Waals surface area (Å²) < 4.78 is 2.07. The summed E-state index contributed by atoms with van der Waals surface area (Å²) in [6.07, 6.45) is 0.185. The Morgan fingerprint density at radius 3 is 2.38 bits per heavy atom. The first kappa shape index (κ1) is 34.1. The second-order valence-electron chi connectivity index (χ2n) is 13.7. The van der Waals surface area contributed by atoms with Crippen LogP contribution in [0.25, 0.3) is 5.00 Å². The topological polar surface area (TPSA) is 127 Å². The molecule has 5 heterocycles. The summed E-state index contributed by atoms with van der Waals surface area (Å²) >= 11 is 7.95. The molecule has 2 N–H and O–H groups in total. The molecule has 1 saturated heterocycles. The molecule has 0 spiro atoms. The number of aromatic hydroxyl groups is 2. The van der Waals surface area contributed by atoms with Crippen LogP contribution in [0.3, 0.4) is 0 Å². The Morgan fingerprint density at radius 2 is 1.63 bits per heavy atom. The van der Waals surface area contributed by atoms with E-state index in [1.165, 1.54) is 23.1 Å². The lowest BCUT2D eigenvalue weighted by atomic mass is 9.99. The predicted octanol–water partition coefficient (Wildman–Crippen LogP) is 6.10. The summed E-state index contributed by atoms with van der Waals surface area (Å²) in [5, 5.41) is 30.5. The van der Waals surface area contributed by atoms with Crippen molar-refractivity contribution in [1.29, 1.82) is 0 Å². The van der Waals surface area contributed by atoms with Crippen LogP contribution >= 0.6 is 22.9 Å². The number of phenols is 2. The quantitative estimate of drug-likeness (QED) is 0.216. The van der Waals surface area contributed by atoms with E-state index in [1.54, 1.807) is 16.2 Å². The van der Waals surface area contributed by atoms with Gasteiger partial charge in [0.15, 0.2) is 5.82 Å². The Bertz CT molecular complexity index is 2250. The van der Waals surface area contributed by atoms with Gasteiger partial charge in [0, 0.05) is 72.9 Å². The van der Waals surface area contributed by atoms with E-state index in [-0.39, 0.29) is 35.3 Å². The summed E-state index contributed by atoms with van der Waals surface area (Å²) in [6, 6.07) is 17.5. The van der Waals surface area contributed by atoms with E-state index in [9.17, 15) is 19.8 Å². The van der Waals surface area contributed by atoms with Gasteiger partial charge in [-0.3, -0.25) is 24.0 Å². The first-order valence-electron chi connectivity index (χ1n) is 17.3. The van der Waals surface area contributed by atoms with Gasteiger partial charge < -0.3 is 20.0 Å². The summed E-state index contributed by atoms with van der Waals surface area (Å²) in [4.78, 5) is 39.5. The van der Waals surface area contributed by atoms with Crippen LogP contribution in [0.1, 0.15) is 72.7 Å². The minimum atomic E-state index is -0.507. The van der Waals surface area contributed by atoms with Gasteiger partial charge in [-0.05, 0) is 67.3 Å². The number of amides is 2. The van der Waals surface area contributed by atoms with Crippen molar-refractivity contribution < 1.29 is 19.8 Å². The van der Waals surface area contributed by atoms with Crippen LogP contribution in [0, 0.1) is 20.8 Å². The fraction of sp³-hybridized carbons (Fsp3) is 0.308. The van der Waals surface area contributed by atoms with Crippen LogP contribution in [-0.2, 0) is 24.4 Å². The van der Waals surface area contributed by atoms with Gasteiger partial charge in [-0.1, -0.05) is 41.9 Å². The van der Waals surface area contributed by atoms with Crippen molar-refractivity contribution in [2.24, 2.45) is 4.99 Å². The molecule has 3 aliphatic heterocycles. The van der Waals surface area contributed by atoms with E-state index < -0.39 is 6.04 Å². The summed E-state index contributed by atoms with van der Waals surface area (Å²) in [7, 11) is 0. The number of phenolic OH excluding ortho intramolecular Hbond substituents is 2. The smallest absolute Gasteiger partial charge is 0.258 e. The number of hydrogen-bond donors (Lipinski definition) is 2. The highest BCUT2D eigenvalue weighted by Gasteiger charge is 2.34. The summed E-state index contributed by atoms with van der Waals surface area (Å²) in [5.41, 5.74) is 7.46. The third kappa shape index (κ3) is 6.24. The van der Waals surface area contributed by atoms with Crippen molar-refractivity contribution in [2.75, 3.05) is 26.2 Å². The Balaban J connectivity index is 0.943. The maximum atomic E-state index is 13.9. The molecule has 2 amide bonds. The normalized spacial score (nSPS) is 17.0. The van der Waals surface area contributed by atoms with E-state index in [0.717, 1.165) is 69.6 Å². The molecule has 0 bridgehead atoms. The second-order valence-corrected chi connectivity index (χ2v) is 15.4. The van der Waals surface area contributed by atoms with Crippen LogP contribution in [0.4, 0.5) is 0 Å². The molecule has 0 radical (unpaired) electrons. The molecule has 13 heteroatoms. The lowest BCUT2D eigenvalue weighted by Crippen LogP contribution is -2.48. The molecule has 5 aromatic rings. The molecular weight excluding hydrogens is 698 g/mol. The number of carbonyl (C=O) groups is 2. The second kappa shape index (κ2) is 13.5. The number of aromatic nitrogens is 3. The Labute approximate surface area is 310 Å². The van der Waals surface area contributed by atoms with Gasteiger partial charge in [-0.15, -0.1) is 21.5 Å². The van der Waals surface area contributed by atoms with Crippen molar-refractivity contribution in [3.63, 3.8) is 0 Å². The van der Waals surface area contributed by atoms with Gasteiger partial charge in [0.1, 0.15) is 28.4 Å². The minimum absolute atomic E-state index is 0.0381. The zero-order chi connectivity index (χ0) is 36.3. The van der Waals surface area contributed by atoms with Gasteiger partial charge in [-0.2, -0.15) is 0 Å². The number of fused-ring (bicyclic) bond motifs is 4. The highest BCUT2D eigenvalue weighted by Crippen LogP contribution is 2.40. The van der Waals surface area contributed by atoms with Crippen molar-refractivity contribution in [3.05, 3.63) is 121 Å². The molecule has 0 aliphatic carbocycles. The third-order valence-electron chi connectivity index (χ3n) is 10.3. The first-order valence-corrected chi connectivity index (χ1v) is 18.5. The van der Waals surface area contributed by atoms with E-state index in [1.807, 2.05) is 36.1 Å². The third-order valence-corrected chi connectivity index (χ3v) is 11.8. The Morgan fingerprint density at radius 1 is 0.885 bits per heavy atom. The SMILES string of the molecule is Cc1sc2c(c1C)C(c1ccc(Cl)cc1)=N[C@@H](CC(=O)N1CCN(Cc3ccc4c(c3)CN(C(=O)c3ccc(O)cc3O)C4)CC1)c1nnc(C)n1-2. The highest BCUT2D eigenvalue weighted by atomic mass is 35.5. The van der Waals surface area contributed by atoms with Gasteiger partial charge in [0.25, 0.3) is 5.91 Å². The minimum Gasteiger partial charge on any atom is -0.508 e. The van der Waals surface area contributed by atoms with Gasteiger partial charge >= 0.3 is 0 Å². The van der Waals surface area contributed by atoms with E-state index >= 15 is 0 Å². The molecule has 0 saturated carbocycles. The number of hydrogen-bond acceptors (Lipinski definition) is 9. The maximum absolute atomic E-state index is 13.9. The number of benzene rings is 3. The zero-order valence-corrected chi connectivity index (χ0v) is 30.7. The fourth-order valence-electron chi connectivity index (χ4n) is 7.40. The van der Waals surface area contributed by atoms with Crippen molar-refractivity contribution in [3.8, 4) is 16.5 Å². The standard InChI is InChI=1S/C39H38ClN7O4S/c1-22-23(2)52-39-35(22)36(26-6-8-29(40)9-7-26)41-32(37-43-42-24(3)47(37)39)18-34(50)45-14-12-44(13-15-45)19-25-4-5-27-20-46(21-28(27)16-25)38(51)31-11-10-30(48)17-33(31)49/h4-11,16-17,32,48-49H,12-15,18-21H2,1-3H3/t32-/m0/s1. The number of carbonyl (C=O) groups excluding carboxylic acids is 2. The maximum Gasteiger partial charge on any atom is 0.258 e. The number of aryl methyl sites for hydroxylation is 2. The highest BCUT2D eigenvalue weighted by molar-refractivity contribution is 7.15. The van der Waals surface area contributed by atoms with Crippen molar-refractivity contribution in [1.82, 2.24) is 29.5 Å². The zero-order valence-electron chi connectivity index (χ0n) is 29.1. The van der Waals surface area contributed by atoms with Gasteiger partial charge in [0.05, 0.1) is 17.7 Å². The average molecular weight is 736 g/mol. The predicted molar refractivity (Wildman–Crippen MR) is 200 cm³/mol. The van der Waals surface area contributed by atoms with Crippen LogP contribution in [-0.4, -0.2) is 83.4 Å². The molecule has 52 heavy (non-hydrogen) atoms. The Hall–Kier alpha value is -5.04. The molecule has 1 fully saturated rings. The lowest BCUT2D eigenvalue weighted by Gasteiger charge is -2.35. The number of piperazine rings is 1. The molecule has 3 aliphatic rings. The van der Waals surface area contributed by atoms with E-state index in [2.05, 4.69) is 51.7 Å². The fourth-order valence-corrected chi connectivity index (χ4v) is 8.74. The number of halogens is 1. The van der Waals surface area contributed by atoms with Crippen LogP contribution in [0.2, 0.25) is 5.02 Å². The van der Waals surface area contributed by atoms with E-state index in [0.29, 0.717) is 37.0 Å². The first-order chi connectivity index (χ1) is 25.0.